The van der Waals surface area contributed by atoms with Crippen LogP contribution in [0.15, 0.2) is 48.5 Å². The molecule has 2 aliphatic rings. The second kappa shape index (κ2) is 8.58. The number of nitrogens with zero attached hydrogens (tertiary/aromatic N) is 2. The summed E-state index contributed by atoms with van der Waals surface area (Å²) >= 11 is 0. The molecule has 2 heterocycles. The van der Waals surface area contributed by atoms with Gasteiger partial charge in [-0.15, -0.1) is 0 Å². The number of methoxy groups -OCH3 is 1. The van der Waals surface area contributed by atoms with Crippen molar-refractivity contribution in [1.82, 2.24) is 10.2 Å². The molecule has 1 N–H and O–H groups in total. The number of amides is 2. The van der Waals surface area contributed by atoms with Gasteiger partial charge in [0, 0.05) is 25.3 Å². The Labute approximate surface area is 181 Å². The Balaban J connectivity index is 1.56. The number of alkyl halides is 3. The predicted molar refractivity (Wildman–Crippen MR) is 107 cm³/mol. The molecule has 8 nitrogen and oxygen atoms in total. The van der Waals surface area contributed by atoms with Gasteiger partial charge >= 0.3 is 18.2 Å². The molecule has 11 heteroatoms. The number of piperazine rings is 1. The van der Waals surface area contributed by atoms with Crippen LogP contribution in [-0.4, -0.2) is 62.1 Å². The highest BCUT2D eigenvalue weighted by atomic mass is 19.4. The van der Waals surface area contributed by atoms with Crippen molar-refractivity contribution in [2.24, 2.45) is 0 Å². The van der Waals surface area contributed by atoms with E-state index in [1.807, 2.05) is 0 Å². The van der Waals surface area contributed by atoms with Crippen molar-refractivity contribution in [3.8, 4) is 17.2 Å². The first kappa shape index (κ1) is 21.8. The van der Waals surface area contributed by atoms with Gasteiger partial charge in [-0.25, -0.2) is 9.59 Å². The second-order valence-electron chi connectivity index (χ2n) is 7.18. The van der Waals surface area contributed by atoms with Crippen molar-refractivity contribution in [2.45, 2.75) is 18.4 Å². The molecule has 2 amide bonds. The van der Waals surface area contributed by atoms with E-state index >= 15 is 0 Å². The molecule has 2 aliphatic heterocycles. The molecular formula is C21H20F3N3O5. The van der Waals surface area contributed by atoms with Gasteiger partial charge in [0.25, 0.3) is 0 Å². The number of hydrogen-bond acceptors (Lipinski definition) is 6. The van der Waals surface area contributed by atoms with Crippen LogP contribution in [0, 0.1) is 0 Å². The molecule has 32 heavy (non-hydrogen) atoms. The summed E-state index contributed by atoms with van der Waals surface area (Å²) in [5.41, 5.74) is 0.284. The van der Waals surface area contributed by atoms with Gasteiger partial charge in [-0.1, -0.05) is 0 Å². The van der Waals surface area contributed by atoms with Gasteiger partial charge < -0.3 is 24.4 Å². The van der Waals surface area contributed by atoms with E-state index in [9.17, 15) is 22.8 Å². The third-order valence-corrected chi connectivity index (χ3v) is 5.19. The van der Waals surface area contributed by atoms with Crippen LogP contribution in [0.3, 0.4) is 0 Å². The molecule has 2 fully saturated rings. The fraction of sp³-hybridized carbons (Fsp3) is 0.333. The van der Waals surface area contributed by atoms with Crippen molar-refractivity contribution < 1.29 is 37.0 Å². The average molecular weight is 451 g/mol. The van der Waals surface area contributed by atoms with Gasteiger partial charge in [-0.05, 0) is 48.5 Å². The molecule has 0 aliphatic carbocycles. The number of esters is 1. The Morgan fingerprint density at radius 2 is 1.62 bits per heavy atom. The fourth-order valence-electron chi connectivity index (χ4n) is 3.66. The molecule has 0 radical (unpaired) electrons. The van der Waals surface area contributed by atoms with Crippen LogP contribution in [0.2, 0.25) is 0 Å². The highest BCUT2D eigenvalue weighted by molar-refractivity contribution is 5.96. The number of fused-ring (bicyclic) bond motifs is 1. The average Bonchev–Trinajstić information content (AvgIpc) is 3.06. The van der Waals surface area contributed by atoms with Crippen LogP contribution < -0.4 is 19.7 Å². The molecule has 2 aromatic rings. The van der Waals surface area contributed by atoms with E-state index in [4.69, 9.17) is 14.2 Å². The van der Waals surface area contributed by atoms with Crippen LogP contribution in [0.5, 0.6) is 17.2 Å². The maximum Gasteiger partial charge on any atom is 0.491 e. The Morgan fingerprint density at radius 3 is 2.22 bits per heavy atom. The van der Waals surface area contributed by atoms with Gasteiger partial charge in [0.2, 0.25) is 6.23 Å². The van der Waals surface area contributed by atoms with Gasteiger partial charge in [0.1, 0.15) is 23.3 Å². The van der Waals surface area contributed by atoms with Gasteiger partial charge in [-0.2, -0.15) is 13.2 Å². The van der Waals surface area contributed by atoms with Gasteiger partial charge in [0.05, 0.1) is 7.11 Å². The number of urea groups is 1. The van der Waals surface area contributed by atoms with E-state index in [1.165, 1.54) is 17.0 Å². The zero-order chi connectivity index (χ0) is 22.9. The lowest BCUT2D eigenvalue weighted by Crippen LogP contribution is -2.53. The van der Waals surface area contributed by atoms with Crippen LogP contribution >= 0.6 is 0 Å². The van der Waals surface area contributed by atoms with E-state index in [2.05, 4.69) is 5.32 Å². The molecule has 2 saturated heterocycles. The monoisotopic (exact) mass is 451 g/mol. The number of rotatable bonds is 5. The van der Waals surface area contributed by atoms with E-state index in [0.29, 0.717) is 30.3 Å². The molecule has 0 bridgehead atoms. The zero-order valence-electron chi connectivity index (χ0n) is 17.0. The second-order valence-corrected chi connectivity index (χ2v) is 7.18. The zero-order valence-corrected chi connectivity index (χ0v) is 17.0. The summed E-state index contributed by atoms with van der Waals surface area (Å²) in [7, 11) is 1.55. The summed E-state index contributed by atoms with van der Waals surface area (Å²) in [5.74, 6) is -0.664. The minimum absolute atomic E-state index is 0.205. The minimum Gasteiger partial charge on any atom is -0.497 e. The molecule has 170 valence electrons. The number of ether oxygens (including phenoxy) is 3. The van der Waals surface area contributed by atoms with Crippen LogP contribution in [0.25, 0.3) is 0 Å². The molecule has 0 aromatic heterocycles. The van der Waals surface area contributed by atoms with Crippen molar-refractivity contribution >= 4 is 17.7 Å². The summed E-state index contributed by atoms with van der Waals surface area (Å²) in [6.07, 6.45) is -6.59. The minimum atomic E-state index is -5.17. The third-order valence-electron chi connectivity index (χ3n) is 5.19. The lowest BCUT2D eigenvalue weighted by atomic mass is 10.2. The Hall–Kier alpha value is -3.47. The normalized spacial score (nSPS) is 20.7. The van der Waals surface area contributed by atoms with Crippen molar-refractivity contribution in [1.29, 1.82) is 0 Å². The number of carbonyl (C=O) groups excluding carboxylic acids is 2. The molecule has 0 saturated carbocycles. The number of benzene rings is 2. The first-order valence-corrected chi connectivity index (χ1v) is 9.78. The fourth-order valence-corrected chi connectivity index (χ4v) is 3.66. The standard InChI is InChI=1S/C21H20F3N3O5/c1-30-14-6-8-16(9-7-14)31-15-4-2-13(3-5-15)27-18(32-19(28)21(22,23)24)17-12-25-10-11-26(17)20(27)29/h2-9,17-18,25H,10-12H2,1H3/t17-,18?/m0/s1. The lowest BCUT2D eigenvalue weighted by molar-refractivity contribution is -0.205. The Morgan fingerprint density at radius 1 is 1.03 bits per heavy atom. The number of hydrogen-bond donors (Lipinski definition) is 1. The lowest BCUT2D eigenvalue weighted by Gasteiger charge is -2.31. The van der Waals surface area contributed by atoms with Gasteiger partial charge in [0.15, 0.2) is 0 Å². The number of carbonyl (C=O) groups is 2. The summed E-state index contributed by atoms with van der Waals surface area (Å²) in [5, 5.41) is 3.01. The summed E-state index contributed by atoms with van der Waals surface area (Å²) in [6.45, 7) is 0.986. The van der Waals surface area contributed by atoms with Gasteiger partial charge in [-0.3, -0.25) is 4.90 Å². The van der Waals surface area contributed by atoms with E-state index in [1.54, 1.807) is 43.5 Å². The van der Waals surface area contributed by atoms with E-state index in [0.717, 1.165) is 4.90 Å². The molecular weight excluding hydrogens is 431 g/mol. The maximum atomic E-state index is 12.9. The molecule has 1 unspecified atom stereocenters. The first-order chi connectivity index (χ1) is 15.3. The number of nitrogens with one attached hydrogen (secondary N) is 1. The van der Waals surface area contributed by atoms with Crippen molar-refractivity contribution in [3.63, 3.8) is 0 Å². The summed E-state index contributed by atoms with van der Waals surface area (Å²) < 4.78 is 54.1. The van der Waals surface area contributed by atoms with E-state index < -0.39 is 30.4 Å². The van der Waals surface area contributed by atoms with Crippen molar-refractivity contribution in [2.75, 3.05) is 31.6 Å². The Bertz CT molecular complexity index is 982. The topological polar surface area (TPSA) is 80.3 Å². The van der Waals surface area contributed by atoms with Crippen LogP contribution in [-0.2, 0) is 9.53 Å². The first-order valence-electron chi connectivity index (χ1n) is 9.78. The smallest absolute Gasteiger partial charge is 0.491 e. The number of anilines is 1. The van der Waals surface area contributed by atoms with Crippen LogP contribution in [0.4, 0.5) is 23.7 Å². The molecule has 2 aromatic carbocycles. The maximum absolute atomic E-state index is 12.9. The highest BCUT2D eigenvalue weighted by Crippen LogP contribution is 2.34. The van der Waals surface area contributed by atoms with Crippen molar-refractivity contribution in [3.05, 3.63) is 48.5 Å². The highest BCUT2D eigenvalue weighted by Gasteiger charge is 2.52. The number of halogens is 3. The largest absolute Gasteiger partial charge is 0.497 e. The SMILES string of the molecule is COc1ccc(Oc2ccc(N3C(=O)N4CCNC[C@H]4C3OC(=O)C(F)(F)F)cc2)cc1. The molecule has 4 rings (SSSR count). The molecule has 2 atom stereocenters. The third kappa shape index (κ3) is 4.28. The van der Waals surface area contributed by atoms with Crippen LogP contribution in [0.1, 0.15) is 0 Å². The van der Waals surface area contributed by atoms with E-state index in [-0.39, 0.29) is 12.2 Å². The Kier molecular flexibility index (Phi) is 5.83. The summed E-state index contributed by atoms with van der Waals surface area (Å²) in [6, 6.07) is 11.8. The molecule has 0 spiro atoms. The predicted octanol–water partition coefficient (Wildman–Crippen LogP) is 3.13. The summed E-state index contributed by atoms with van der Waals surface area (Å²) in [4.78, 5) is 26.9. The quantitative estimate of drug-likeness (QED) is 0.704.